The number of nitrogens with one attached hydrogen (secondary N) is 1. The molecule has 0 spiro atoms. The Hall–Kier alpha value is -3.30. The minimum atomic E-state index is -3.16. The van der Waals surface area contributed by atoms with Crippen molar-refractivity contribution in [2.24, 2.45) is 0 Å². The number of methoxy groups -OCH3 is 1. The summed E-state index contributed by atoms with van der Waals surface area (Å²) in [7, 11) is -1.53. The summed E-state index contributed by atoms with van der Waals surface area (Å²) in [5.41, 5.74) is 3.93. The van der Waals surface area contributed by atoms with Crippen LogP contribution in [0.4, 0.5) is 8.78 Å². The minimum Gasteiger partial charge on any atom is -0.496 e. The molecule has 1 aliphatic heterocycles. The van der Waals surface area contributed by atoms with E-state index in [0.717, 1.165) is 37.0 Å². The summed E-state index contributed by atoms with van der Waals surface area (Å²) in [4.78, 5) is 5.54. The monoisotopic (exact) mass is 702 g/mol. The van der Waals surface area contributed by atoms with E-state index < -0.39 is 38.5 Å². The van der Waals surface area contributed by atoms with Crippen molar-refractivity contribution in [3.63, 3.8) is 0 Å². The summed E-state index contributed by atoms with van der Waals surface area (Å²) >= 11 is 3.62. The average Bonchev–Trinajstić information content (AvgIpc) is 3.40. The van der Waals surface area contributed by atoms with Gasteiger partial charge in [-0.05, 0) is 58.6 Å². The van der Waals surface area contributed by atoms with Crippen molar-refractivity contribution >= 4 is 45.5 Å². The van der Waals surface area contributed by atoms with E-state index in [1.165, 1.54) is 5.56 Å². The van der Waals surface area contributed by atoms with Gasteiger partial charge in [0.25, 0.3) is 14.2 Å². The molecule has 1 aromatic heterocycles. The van der Waals surface area contributed by atoms with E-state index in [9.17, 15) is 0 Å². The number of hydrogen-bond donors (Lipinski definition) is 1. The van der Waals surface area contributed by atoms with Gasteiger partial charge in [-0.15, -0.1) is 0 Å². The zero-order chi connectivity index (χ0) is 32.7. The first-order valence-electron chi connectivity index (χ1n) is 15.8. The molecule has 1 N–H and O–H groups in total. The van der Waals surface area contributed by atoms with Crippen LogP contribution in [0.2, 0.25) is 5.04 Å². The summed E-state index contributed by atoms with van der Waals surface area (Å²) in [6.07, 6.45) is 0.651. The Labute approximate surface area is 280 Å². The van der Waals surface area contributed by atoms with Gasteiger partial charge in [-0.2, -0.15) is 0 Å². The van der Waals surface area contributed by atoms with E-state index in [1.807, 2.05) is 109 Å². The first kappa shape index (κ1) is 32.6. The van der Waals surface area contributed by atoms with Crippen LogP contribution in [-0.2, 0) is 10.8 Å². The van der Waals surface area contributed by atoms with Gasteiger partial charge < -0.3 is 14.1 Å². The topological polar surface area (TPSA) is 37.5 Å². The van der Waals surface area contributed by atoms with Gasteiger partial charge in [0.15, 0.2) is 0 Å². The first-order chi connectivity index (χ1) is 21.9. The number of H-pyrrole nitrogens is 1. The molecular formula is C38H41BrF2N2O2Si. The lowest BCUT2D eigenvalue weighted by molar-refractivity contribution is -0.0822. The number of fused-ring (bicyclic) bond motifs is 3. The Morgan fingerprint density at radius 2 is 1.50 bits per heavy atom. The van der Waals surface area contributed by atoms with Gasteiger partial charge in [0.2, 0.25) is 0 Å². The standard InChI is InChI=1S/C38H41BrF2N2O2Si/c1-26-22-31-30-18-12-13-19-33(30)42-35(31)36(32-23-27(39)20-21-34(32)44-5)43(26)24-38(40,41)25-45-46(37(2,3)4,28-14-8-6-9-15-28)29-16-10-7-11-17-29/h6-21,23,26,36,42H,22,24-25H2,1-5H3/t26-,36-/m1/s1. The molecule has 0 unspecified atom stereocenters. The largest absolute Gasteiger partial charge is 0.496 e. The molecule has 0 radical (unpaired) electrons. The molecule has 8 heteroatoms. The second-order valence-corrected chi connectivity index (χ2v) is 18.6. The fraction of sp³-hybridized carbons (Fsp3) is 0.316. The normalized spacial score (nSPS) is 17.7. The molecule has 0 bridgehead atoms. The molecule has 0 fully saturated rings. The molecule has 2 atom stereocenters. The quantitative estimate of drug-likeness (QED) is 0.157. The van der Waals surface area contributed by atoms with Gasteiger partial charge in [0.05, 0.1) is 26.3 Å². The van der Waals surface area contributed by atoms with E-state index >= 15 is 8.78 Å². The van der Waals surface area contributed by atoms with Crippen LogP contribution in [0.3, 0.4) is 0 Å². The smallest absolute Gasteiger partial charge is 0.282 e. The highest BCUT2D eigenvalue weighted by molar-refractivity contribution is 9.10. The summed E-state index contributed by atoms with van der Waals surface area (Å²) < 4.78 is 46.8. The summed E-state index contributed by atoms with van der Waals surface area (Å²) in [6.45, 7) is 7.21. The van der Waals surface area contributed by atoms with E-state index in [4.69, 9.17) is 9.16 Å². The zero-order valence-corrected chi connectivity index (χ0v) is 29.6. The van der Waals surface area contributed by atoms with Crippen LogP contribution in [0.5, 0.6) is 5.75 Å². The molecule has 0 saturated heterocycles. The van der Waals surface area contributed by atoms with Gasteiger partial charge >= 0.3 is 0 Å². The predicted octanol–water partition coefficient (Wildman–Crippen LogP) is 8.49. The van der Waals surface area contributed by atoms with Crippen LogP contribution in [0.25, 0.3) is 10.9 Å². The molecule has 4 aromatic carbocycles. The third-order valence-corrected chi connectivity index (χ3v) is 14.8. The van der Waals surface area contributed by atoms with Crippen LogP contribution in [-0.4, -0.2) is 50.4 Å². The molecule has 4 nitrogen and oxygen atoms in total. The van der Waals surface area contributed by atoms with Crippen LogP contribution < -0.4 is 15.1 Å². The highest BCUT2D eigenvalue weighted by Gasteiger charge is 2.52. The lowest BCUT2D eigenvalue weighted by atomic mass is 9.88. The molecule has 1 aliphatic rings. The molecule has 46 heavy (non-hydrogen) atoms. The first-order valence-corrected chi connectivity index (χ1v) is 18.5. The fourth-order valence-electron chi connectivity index (χ4n) is 7.30. The van der Waals surface area contributed by atoms with Crippen molar-refractivity contribution < 1.29 is 17.9 Å². The second-order valence-electron chi connectivity index (χ2n) is 13.4. The van der Waals surface area contributed by atoms with Crippen molar-refractivity contribution in [2.45, 2.75) is 57.2 Å². The number of nitrogens with zero attached hydrogens (tertiary/aromatic N) is 1. The molecule has 0 aliphatic carbocycles. The molecule has 5 aromatic rings. The van der Waals surface area contributed by atoms with Crippen molar-refractivity contribution in [1.82, 2.24) is 9.88 Å². The highest BCUT2D eigenvalue weighted by Crippen LogP contribution is 2.45. The Bertz CT molecular complexity index is 1770. The van der Waals surface area contributed by atoms with Crippen molar-refractivity contribution in [1.29, 1.82) is 0 Å². The Morgan fingerprint density at radius 3 is 2.11 bits per heavy atom. The van der Waals surface area contributed by atoms with Crippen LogP contribution in [0.15, 0.2) is 108 Å². The van der Waals surface area contributed by atoms with E-state index in [0.29, 0.717) is 12.2 Å². The molecule has 0 saturated carbocycles. The van der Waals surface area contributed by atoms with Gasteiger partial charge in [-0.1, -0.05) is 116 Å². The van der Waals surface area contributed by atoms with Gasteiger partial charge in [0, 0.05) is 32.7 Å². The number of alkyl halides is 2. The number of para-hydroxylation sites is 1. The van der Waals surface area contributed by atoms with Crippen LogP contribution in [0.1, 0.15) is 50.6 Å². The van der Waals surface area contributed by atoms with Gasteiger partial charge in [-0.3, -0.25) is 4.90 Å². The number of aromatic nitrogens is 1. The van der Waals surface area contributed by atoms with E-state index in [1.54, 1.807) is 7.11 Å². The van der Waals surface area contributed by atoms with Crippen molar-refractivity contribution in [3.05, 3.63) is 124 Å². The SMILES string of the molecule is COc1ccc(Br)cc1[C@@H]1c2[nH]c3ccccc3c2C[C@@H](C)N1CC(F)(F)CO[Si](c1ccccc1)(c1ccccc1)C(C)(C)C. The number of aromatic amines is 1. The maximum Gasteiger partial charge on any atom is 0.282 e. The van der Waals surface area contributed by atoms with Gasteiger partial charge in [-0.25, -0.2) is 8.78 Å². The highest BCUT2D eigenvalue weighted by atomic mass is 79.9. The summed E-state index contributed by atoms with van der Waals surface area (Å²) in [6, 6.07) is 33.2. The third-order valence-electron chi connectivity index (χ3n) is 9.33. The molecule has 2 heterocycles. The fourth-order valence-corrected chi connectivity index (χ4v) is 12.3. The Balaban J connectivity index is 1.41. The Morgan fingerprint density at radius 1 is 0.891 bits per heavy atom. The molecular weight excluding hydrogens is 662 g/mol. The average molecular weight is 704 g/mol. The number of rotatable bonds is 9. The lowest BCUT2D eigenvalue weighted by Crippen LogP contribution is -2.67. The van der Waals surface area contributed by atoms with Crippen molar-refractivity contribution in [3.8, 4) is 5.75 Å². The molecule has 0 amide bonds. The second kappa shape index (κ2) is 12.7. The Kier molecular flexibility index (Phi) is 9.02. The molecule has 6 rings (SSSR count). The van der Waals surface area contributed by atoms with Gasteiger partial charge in [0.1, 0.15) is 5.75 Å². The summed E-state index contributed by atoms with van der Waals surface area (Å²) in [5.74, 6) is -2.49. The number of ether oxygens (including phenoxy) is 1. The number of hydrogen-bond acceptors (Lipinski definition) is 3. The zero-order valence-electron chi connectivity index (χ0n) is 27.0. The van der Waals surface area contributed by atoms with E-state index in [2.05, 4.69) is 47.8 Å². The minimum absolute atomic E-state index is 0.167. The third kappa shape index (κ3) is 5.96. The van der Waals surface area contributed by atoms with E-state index in [-0.39, 0.29) is 6.04 Å². The lowest BCUT2D eigenvalue weighted by Gasteiger charge is -2.45. The predicted molar refractivity (Wildman–Crippen MR) is 189 cm³/mol. The summed E-state index contributed by atoms with van der Waals surface area (Å²) in [5, 5.41) is 2.69. The molecule has 240 valence electrons. The maximum atomic E-state index is 16.7. The number of halogens is 3. The maximum absolute atomic E-state index is 16.7. The number of benzene rings is 4. The van der Waals surface area contributed by atoms with Crippen molar-refractivity contribution in [2.75, 3.05) is 20.3 Å². The van der Waals surface area contributed by atoms with Crippen LogP contribution in [0, 0.1) is 0 Å². The van der Waals surface area contributed by atoms with Crippen LogP contribution >= 0.6 is 15.9 Å².